The predicted octanol–water partition coefficient (Wildman–Crippen LogP) is 2.72. The fraction of sp³-hybridized carbons (Fsp3) is 0.615. The third-order valence-electron chi connectivity index (χ3n) is 3.72. The lowest BCUT2D eigenvalue weighted by atomic mass is 10.2. The van der Waals surface area contributed by atoms with Crippen LogP contribution in [0.1, 0.15) is 29.2 Å². The van der Waals surface area contributed by atoms with E-state index in [1.807, 2.05) is 0 Å². The quantitative estimate of drug-likeness (QED) is 0.759. The Morgan fingerprint density at radius 3 is 2.77 bits per heavy atom. The number of amides is 2. The zero-order valence-corrected chi connectivity index (χ0v) is 14.2. The van der Waals surface area contributed by atoms with Crippen molar-refractivity contribution in [3.63, 3.8) is 0 Å². The highest BCUT2D eigenvalue weighted by Crippen LogP contribution is 2.29. The molecule has 0 aromatic carbocycles. The van der Waals surface area contributed by atoms with Crippen molar-refractivity contribution in [1.82, 2.24) is 24.8 Å². The lowest BCUT2D eigenvalue weighted by Gasteiger charge is -2.15. The van der Waals surface area contributed by atoms with Gasteiger partial charge in [0.15, 0.2) is 0 Å². The summed E-state index contributed by atoms with van der Waals surface area (Å²) in [5.41, 5.74) is -0.573. The molecule has 7 nitrogen and oxygen atoms in total. The highest BCUT2D eigenvalue weighted by Gasteiger charge is 2.39. The number of urea groups is 1. The summed E-state index contributed by atoms with van der Waals surface area (Å²) in [5, 5.41) is 6.83. The topological polar surface area (TPSA) is 71.8 Å². The maximum absolute atomic E-state index is 13.3. The van der Waals surface area contributed by atoms with Crippen molar-refractivity contribution in [2.75, 3.05) is 13.7 Å². The molecule has 2 aromatic rings. The summed E-state index contributed by atoms with van der Waals surface area (Å²) in [6, 6.07) is -1.87. The summed E-state index contributed by atoms with van der Waals surface area (Å²) >= 11 is 1.06. The van der Waals surface area contributed by atoms with Gasteiger partial charge in [-0.2, -0.15) is 18.3 Å². The lowest BCUT2D eigenvalue weighted by molar-refractivity contribution is -0.138. The van der Waals surface area contributed by atoms with Crippen LogP contribution in [0, 0.1) is 0 Å². The molecule has 0 saturated carbocycles. The van der Waals surface area contributed by atoms with Gasteiger partial charge >= 0.3 is 12.2 Å². The summed E-state index contributed by atoms with van der Waals surface area (Å²) in [4.78, 5) is 17.0. The van der Waals surface area contributed by atoms with Crippen molar-refractivity contribution in [1.29, 1.82) is 0 Å². The number of imidazole rings is 1. The third kappa shape index (κ3) is 3.87. The van der Waals surface area contributed by atoms with E-state index >= 15 is 0 Å². The van der Waals surface area contributed by atoms with Gasteiger partial charge in [0.1, 0.15) is 10.7 Å². The van der Waals surface area contributed by atoms with Gasteiger partial charge in [-0.1, -0.05) is 11.3 Å². The molecule has 0 spiro atoms. The minimum Gasteiger partial charge on any atom is -0.377 e. The fourth-order valence-electron chi connectivity index (χ4n) is 2.72. The van der Waals surface area contributed by atoms with E-state index in [1.54, 1.807) is 0 Å². The number of rotatable bonds is 6. The maximum Gasteiger partial charge on any atom is 0.391 e. The van der Waals surface area contributed by atoms with E-state index < -0.39 is 36.8 Å². The summed E-state index contributed by atoms with van der Waals surface area (Å²) < 4.78 is 70.1. The van der Waals surface area contributed by atoms with Gasteiger partial charge in [-0.15, -0.1) is 0 Å². The van der Waals surface area contributed by atoms with Crippen LogP contribution in [0.25, 0.3) is 4.96 Å². The summed E-state index contributed by atoms with van der Waals surface area (Å²) in [6.07, 6.45) is -8.52. The Kier molecular flexibility index (Phi) is 5.01. The van der Waals surface area contributed by atoms with E-state index in [0.29, 0.717) is 5.01 Å². The first-order chi connectivity index (χ1) is 12.2. The predicted molar refractivity (Wildman–Crippen MR) is 79.9 cm³/mol. The number of fused-ring (bicyclic) bond motifs is 1. The molecule has 0 bridgehead atoms. The van der Waals surface area contributed by atoms with Crippen molar-refractivity contribution in [3.05, 3.63) is 16.4 Å². The van der Waals surface area contributed by atoms with Crippen LogP contribution in [0.4, 0.5) is 26.7 Å². The molecule has 1 aliphatic heterocycles. The van der Waals surface area contributed by atoms with Crippen LogP contribution >= 0.6 is 11.3 Å². The van der Waals surface area contributed by atoms with Gasteiger partial charge in [0.05, 0.1) is 31.3 Å². The average Bonchev–Trinajstić information content (AvgIpc) is 3.13. The van der Waals surface area contributed by atoms with Gasteiger partial charge in [-0.3, -0.25) is 0 Å². The number of methoxy groups -OCH3 is 1. The normalized spacial score (nSPS) is 18.3. The number of nitrogens with one attached hydrogen (secondary N) is 1. The molecule has 1 unspecified atom stereocenters. The summed E-state index contributed by atoms with van der Waals surface area (Å²) in [5.74, 6) is 0. The number of carbonyl (C=O) groups is 1. The SMILES string of the molecule is COCc1nn2c(CN3CC(CC(F)(F)F)NC3=O)c(C(F)F)nc2s1. The number of nitrogens with zero attached hydrogens (tertiary/aromatic N) is 4. The molecule has 2 amide bonds. The standard InChI is InChI=1S/C13H14F5N5O2S/c1-25-5-8-21-23-7(9(10(14)15)20-12(23)26-8)4-22-3-6(19-11(22)24)2-13(16,17)18/h6,10H,2-5H2,1H3,(H,19,24). The largest absolute Gasteiger partial charge is 0.391 e. The molecule has 1 fully saturated rings. The molecular weight excluding hydrogens is 385 g/mol. The van der Waals surface area contributed by atoms with Gasteiger partial charge < -0.3 is 15.0 Å². The fourth-order valence-corrected chi connectivity index (χ4v) is 3.61. The van der Waals surface area contributed by atoms with Crippen molar-refractivity contribution in [2.45, 2.75) is 38.2 Å². The molecule has 144 valence electrons. The highest BCUT2D eigenvalue weighted by atomic mass is 32.1. The van der Waals surface area contributed by atoms with Crippen LogP contribution in [0.5, 0.6) is 0 Å². The van der Waals surface area contributed by atoms with Gasteiger partial charge in [0.2, 0.25) is 4.96 Å². The van der Waals surface area contributed by atoms with E-state index in [9.17, 15) is 26.7 Å². The van der Waals surface area contributed by atoms with E-state index in [1.165, 1.54) is 11.6 Å². The Labute approximate surface area is 147 Å². The molecule has 1 aliphatic rings. The summed E-state index contributed by atoms with van der Waals surface area (Å²) in [7, 11) is 1.45. The molecule has 2 aromatic heterocycles. The second-order valence-corrected chi connectivity index (χ2v) is 6.75. The minimum atomic E-state index is -4.43. The number of halogens is 5. The molecule has 0 aliphatic carbocycles. The van der Waals surface area contributed by atoms with Crippen molar-refractivity contribution in [3.8, 4) is 0 Å². The molecule has 0 radical (unpaired) electrons. The molecule has 26 heavy (non-hydrogen) atoms. The van der Waals surface area contributed by atoms with Crippen LogP contribution in [-0.4, -0.2) is 51.4 Å². The maximum atomic E-state index is 13.3. The minimum absolute atomic E-state index is 0.0311. The van der Waals surface area contributed by atoms with Crippen molar-refractivity contribution < 1.29 is 31.5 Å². The van der Waals surface area contributed by atoms with Crippen LogP contribution in [0.3, 0.4) is 0 Å². The number of hydrogen-bond donors (Lipinski definition) is 1. The lowest BCUT2D eigenvalue weighted by Crippen LogP contribution is -2.31. The molecule has 13 heteroatoms. The summed E-state index contributed by atoms with van der Waals surface area (Å²) in [6.45, 7) is -0.407. The van der Waals surface area contributed by atoms with Gasteiger partial charge in [-0.25, -0.2) is 23.1 Å². The van der Waals surface area contributed by atoms with Gasteiger partial charge in [-0.05, 0) is 0 Å². The first-order valence-corrected chi connectivity index (χ1v) is 8.26. The number of carbonyl (C=O) groups excluding carboxylic acids is 1. The Morgan fingerprint density at radius 2 is 2.15 bits per heavy atom. The van der Waals surface area contributed by atoms with Crippen molar-refractivity contribution >= 4 is 22.3 Å². The highest BCUT2D eigenvalue weighted by molar-refractivity contribution is 7.16. The molecular formula is C13H14F5N5O2S. The molecule has 3 rings (SSSR count). The Balaban J connectivity index is 1.85. The number of alkyl halides is 5. The smallest absolute Gasteiger partial charge is 0.377 e. The Hall–Kier alpha value is -2.02. The van der Waals surface area contributed by atoms with Crippen LogP contribution < -0.4 is 5.32 Å². The van der Waals surface area contributed by atoms with Crippen LogP contribution in [0.15, 0.2) is 0 Å². The van der Waals surface area contributed by atoms with E-state index in [4.69, 9.17) is 4.74 Å². The van der Waals surface area contributed by atoms with Gasteiger partial charge in [0, 0.05) is 13.7 Å². The molecule has 3 heterocycles. The van der Waals surface area contributed by atoms with Crippen LogP contribution in [-0.2, 0) is 17.9 Å². The first-order valence-electron chi connectivity index (χ1n) is 7.44. The second kappa shape index (κ2) is 6.95. The molecule has 1 N–H and O–H groups in total. The number of aromatic nitrogens is 3. The number of hydrogen-bond acceptors (Lipinski definition) is 5. The second-order valence-electron chi connectivity index (χ2n) is 5.71. The number of ether oxygens (including phenoxy) is 1. The Morgan fingerprint density at radius 1 is 1.42 bits per heavy atom. The van der Waals surface area contributed by atoms with Crippen LogP contribution in [0.2, 0.25) is 0 Å². The third-order valence-corrected chi connectivity index (χ3v) is 4.60. The average molecular weight is 399 g/mol. The van der Waals surface area contributed by atoms with Gasteiger partial charge in [0.25, 0.3) is 6.43 Å². The first kappa shape index (κ1) is 18.8. The zero-order valence-electron chi connectivity index (χ0n) is 13.4. The zero-order chi connectivity index (χ0) is 19.1. The van der Waals surface area contributed by atoms with E-state index in [0.717, 1.165) is 16.2 Å². The monoisotopic (exact) mass is 399 g/mol. The van der Waals surface area contributed by atoms with Crippen molar-refractivity contribution in [2.24, 2.45) is 0 Å². The molecule has 1 atom stereocenters. The Bertz CT molecular complexity index is 805. The van der Waals surface area contributed by atoms with E-state index in [-0.39, 0.29) is 30.4 Å². The van der Waals surface area contributed by atoms with E-state index in [2.05, 4.69) is 15.4 Å². The molecule has 1 saturated heterocycles.